The lowest BCUT2D eigenvalue weighted by Gasteiger charge is -2.41. The molecule has 88 valence electrons. The minimum absolute atomic E-state index is 0.555. The second-order valence-electron chi connectivity index (χ2n) is 5.18. The molecule has 1 aliphatic heterocycles. The van der Waals surface area contributed by atoms with Crippen LogP contribution in [0.25, 0.3) is 0 Å². The zero-order valence-electron chi connectivity index (χ0n) is 10.7. The van der Waals surface area contributed by atoms with Crippen LogP contribution >= 0.6 is 0 Å². The van der Waals surface area contributed by atoms with Crippen LogP contribution in [0.2, 0.25) is 0 Å². The lowest BCUT2D eigenvalue weighted by atomic mass is 9.90. The van der Waals surface area contributed by atoms with Gasteiger partial charge in [-0.05, 0) is 44.7 Å². The van der Waals surface area contributed by atoms with E-state index >= 15 is 0 Å². The molecule has 1 fully saturated rings. The predicted octanol–water partition coefficient (Wildman–Crippen LogP) is 3.87. The van der Waals surface area contributed by atoms with Gasteiger partial charge in [0.1, 0.15) is 0 Å². The van der Waals surface area contributed by atoms with Gasteiger partial charge in [-0.15, -0.1) is 0 Å². The van der Waals surface area contributed by atoms with Crippen molar-refractivity contribution in [3.05, 3.63) is 35.9 Å². The van der Waals surface area contributed by atoms with E-state index in [1.54, 1.807) is 0 Å². The molecule has 1 heteroatoms. The van der Waals surface area contributed by atoms with E-state index in [9.17, 15) is 0 Å². The van der Waals surface area contributed by atoms with Gasteiger partial charge in [0.05, 0.1) is 0 Å². The van der Waals surface area contributed by atoms with Crippen molar-refractivity contribution in [1.29, 1.82) is 0 Å². The van der Waals surface area contributed by atoms with Gasteiger partial charge in [0, 0.05) is 12.1 Å². The van der Waals surface area contributed by atoms with Crippen LogP contribution in [0.1, 0.15) is 45.2 Å². The third-order valence-corrected chi connectivity index (χ3v) is 4.20. The zero-order chi connectivity index (χ0) is 11.5. The van der Waals surface area contributed by atoms with E-state index in [0.717, 1.165) is 5.92 Å². The van der Waals surface area contributed by atoms with E-state index < -0.39 is 0 Å². The summed E-state index contributed by atoms with van der Waals surface area (Å²) in [5.74, 6) is 0.833. The van der Waals surface area contributed by atoms with Crippen molar-refractivity contribution >= 4 is 0 Å². The van der Waals surface area contributed by atoms with E-state index in [2.05, 4.69) is 56.0 Å². The lowest BCUT2D eigenvalue weighted by molar-refractivity contribution is 0.0753. The molecule has 0 amide bonds. The maximum Gasteiger partial charge on any atom is 0.0322 e. The first kappa shape index (κ1) is 11.7. The van der Waals surface area contributed by atoms with Crippen LogP contribution in [0, 0.1) is 5.92 Å². The third kappa shape index (κ3) is 2.30. The summed E-state index contributed by atoms with van der Waals surface area (Å²) >= 11 is 0. The van der Waals surface area contributed by atoms with E-state index in [-0.39, 0.29) is 0 Å². The zero-order valence-corrected chi connectivity index (χ0v) is 10.7. The maximum atomic E-state index is 2.66. The van der Waals surface area contributed by atoms with E-state index in [0.29, 0.717) is 12.1 Å². The van der Waals surface area contributed by atoms with Crippen molar-refractivity contribution in [2.24, 2.45) is 5.92 Å². The lowest BCUT2D eigenvalue weighted by Crippen LogP contribution is -2.43. The highest BCUT2D eigenvalue weighted by molar-refractivity contribution is 5.18. The number of rotatable bonds is 2. The average Bonchev–Trinajstić information content (AvgIpc) is 2.33. The van der Waals surface area contributed by atoms with E-state index in [1.165, 1.54) is 24.9 Å². The van der Waals surface area contributed by atoms with Crippen LogP contribution in [0.4, 0.5) is 0 Å². The van der Waals surface area contributed by atoms with Crippen molar-refractivity contribution in [3.63, 3.8) is 0 Å². The SMILES string of the molecule is C[C@H](c1ccccc1)N1CCC[C@H](C)[C@H]1C. The maximum absolute atomic E-state index is 2.66. The molecule has 1 saturated heterocycles. The molecule has 0 radical (unpaired) electrons. The molecule has 3 atom stereocenters. The Morgan fingerprint density at radius 2 is 1.88 bits per heavy atom. The summed E-state index contributed by atoms with van der Waals surface area (Å²) in [6.07, 6.45) is 2.74. The highest BCUT2D eigenvalue weighted by Gasteiger charge is 2.28. The van der Waals surface area contributed by atoms with Crippen molar-refractivity contribution in [2.75, 3.05) is 6.54 Å². The number of nitrogens with zero attached hydrogens (tertiary/aromatic N) is 1. The van der Waals surface area contributed by atoms with E-state index in [4.69, 9.17) is 0 Å². The van der Waals surface area contributed by atoms with Crippen LogP contribution in [-0.4, -0.2) is 17.5 Å². The Morgan fingerprint density at radius 1 is 1.19 bits per heavy atom. The molecular weight excluding hydrogens is 194 g/mol. The quantitative estimate of drug-likeness (QED) is 0.727. The fourth-order valence-electron chi connectivity index (χ4n) is 2.84. The first-order valence-electron chi connectivity index (χ1n) is 6.51. The number of piperidine rings is 1. The Kier molecular flexibility index (Phi) is 3.65. The molecule has 0 bridgehead atoms. The van der Waals surface area contributed by atoms with Crippen molar-refractivity contribution in [1.82, 2.24) is 4.90 Å². The van der Waals surface area contributed by atoms with E-state index in [1.807, 2.05) is 0 Å². The van der Waals surface area contributed by atoms with Gasteiger partial charge >= 0.3 is 0 Å². The predicted molar refractivity (Wildman–Crippen MR) is 69.4 cm³/mol. The molecule has 1 heterocycles. The van der Waals surface area contributed by atoms with Crippen LogP contribution in [-0.2, 0) is 0 Å². The largest absolute Gasteiger partial charge is 0.294 e. The molecule has 0 unspecified atom stereocenters. The van der Waals surface area contributed by atoms with Gasteiger partial charge in [0.25, 0.3) is 0 Å². The fourth-order valence-corrected chi connectivity index (χ4v) is 2.84. The van der Waals surface area contributed by atoms with Crippen molar-refractivity contribution < 1.29 is 0 Å². The summed E-state index contributed by atoms with van der Waals surface area (Å²) < 4.78 is 0. The molecule has 1 aromatic carbocycles. The average molecular weight is 217 g/mol. The van der Waals surface area contributed by atoms with Gasteiger partial charge < -0.3 is 0 Å². The summed E-state index contributed by atoms with van der Waals surface area (Å²) in [6, 6.07) is 12.1. The fraction of sp³-hybridized carbons (Fsp3) is 0.600. The standard InChI is InChI=1S/C15H23N/c1-12-8-7-11-16(13(12)2)14(3)15-9-5-4-6-10-15/h4-6,9-10,12-14H,7-8,11H2,1-3H3/t12-,13+,14+/m0/s1. The Labute approximate surface area is 99.5 Å². The smallest absolute Gasteiger partial charge is 0.0322 e. The Balaban J connectivity index is 2.12. The second kappa shape index (κ2) is 5.01. The molecule has 1 aliphatic rings. The third-order valence-electron chi connectivity index (χ3n) is 4.20. The van der Waals surface area contributed by atoms with Gasteiger partial charge in [-0.3, -0.25) is 4.90 Å². The van der Waals surface area contributed by atoms with Crippen LogP contribution < -0.4 is 0 Å². The highest BCUT2D eigenvalue weighted by Crippen LogP contribution is 2.30. The molecule has 2 rings (SSSR count). The summed E-state index contributed by atoms with van der Waals surface area (Å²) in [4.78, 5) is 2.66. The monoisotopic (exact) mass is 217 g/mol. The molecule has 0 N–H and O–H groups in total. The summed E-state index contributed by atoms with van der Waals surface area (Å²) in [5, 5.41) is 0. The first-order chi connectivity index (χ1) is 7.70. The molecule has 1 aromatic rings. The van der Waals surface area contributed by atoms with Crippen molar-refractivity contribution in [3.8, 4) is 0 Å². The van der Waals surface area contributed by atoms with Crippen LogP contribution in [0.15, 0.2) is 30.3 Å². The molecule has 0 saturated carbocycles. The molecule has 0 aromatic heterocycles. The van der Waals surface area contributed by atoms with Gasteiger partial charge in [0.15, 0.2) is 0 Å². The molecule has 0 spiro atoms. The number of likely N-dealkylation sites (tertiary alicyclic amines) is 1. The van der Waals surface area contributed by atoms with Crippen LogP contribution in [0.3, 0.4) is 0 Å². The summed E-state index contributed by atoms with van der Waals surface area (Å²) in [7, 11) is 0. The Morgan fingerprint density at radius 3 is 2.56 bits per heavy atom. The summed E-state index contributed by atoms with van der Waals surface area (Å²) in [5.41, 5.74) is 1.45. The number of benzene rings is 1. The Hall–Kier alpha value is -0.820. The normalized spacial score (nSPS) is 28.9. The first-order valence-corrected chi connectivity index (χ1v) is 6.51. The topological polar surface area (TPSA) is 3.24 Å². The minimum Gasteiger partial charge on any atom is -0.294 e. The summed E-state index contributed by atoms with van der Waals surface area (Å²) in [6.45, 7) is 8.35. The molecule has 1 nitrogen and oxygen atoms in total. The van der Waals surface area contributed by atoms with Crippen molar-refractivity contribution in [2.45, 2.75) is 45.7 Å². The van der Waals surface area contributed by atoms with Gasteiger partial charge in [-0.1, -0.05) is 37.3 Å². The Bertz CT molecular complexity index is 319. The molecule has 0 aliphatic carbocycles. The molecular formula is C15H23N. The number of hydrogen-bond donors (Lipinski definition) is 0. The minimum atomic E-state index is 0.555. The van der Waals surface area contributed by atoms with Gasteiger partial charge in [-0.2, -0.15) is 0 Å². The highest BCUT2D eigenvalue weighted by atomic mass is 15.2. The second-order valence-corrected chi connectivity index (χ2v) is 5.18. The van der Waals surface area contributed by atoms with Gasteiger partial charge in [0.2, 0.25) is 0 Å². The van der Waals surface area contributed by atoms with Gasteiger partial charge in [-0.25, -0.2) is 0 Å². The number of hydrogen-bond acceptors (Lipinski definition) is 1. The molecule has 16 heavy (non-hydrogen) atoms. The van der Waals surface area contributed by atoms with Crippen LogP contribution in [0.5, 0.6) is 0 Å².